The van der Waals surface area contributed by atoms with Gasteiger partial charge in [0.05, 0.1) is 5.56 Å². The third-order valence-corrected chi connectivity index (χ3v) is 2.57. The third-order valence-electron chi connectivity index (χ3n) is 2.34. The van der Waals surface area contributed by atoms with Crippen LogP contribution in [0.5, 0.6) is 5.75 Å². The lowest BCUT2D eigenvalue weighted by molar-refractivity contribution is 0.104. The topological polar surface area (TPSA) is 50.2 Å². The van der Waals surface area contributed by atoms with Crippen LogP contribution in [-0.4, -0.2) is 15.9 Å². The fraction of sp³-hybridized carbons (Fsp3) is 0. The number of aromatic hydroxyl groups is 1. The highest BCUT2D eigenvalue weighted by Crippen LogP contribution is 2.22. The number of aromatic nitrogens is 1. The zero-order valence-corrected chi connectivity index (χ0v) is 10.1. The average molecular weight is 260 g/mol. The molecule has 0 spiro atoms. The zero-order chi connectivity index (χ0) is 13.0. The number of carbonyl (C=O) groups excluding carboxylic acids is 1. The van der Waals surface area contributed by atoms with Gasteiger partial charge in [0.25, 0.3) is 0 Å². The molecular formula is C14H10ClNO2. The number of nitrogens with zero attached hydrogens (tertiary/aromatic N) is 1. The molecule has 18 heavy (non-hydrogen) atoms. The summed E-state index contributed by atoms with van der Waals surface area (Å²) in [6.45, 7) is 0. The normalized spacial score (nSPS) is 10.7. The van der Waals surface area contributed by atoms with Gasteiger partial charge in [-0.2, -0.15) is 0 Å². The molecule has 1 N–H and O–H groups in total. The fourth-order valence-electron chi connectivity index (χ4n) is 1.44. The molecule has 1 heterocycles. The standard InChI is InChI=1S/C14H10ClNO2/c15-11-4-6-14(18)12(8-11)13(17)5-3-10-2-1-7-16-9-10/h1-9,18H/b5-3+. The van der Waals surface area contributed by atoms with Crippen molar-refractivity contribution in [3.63, 3.8) is 0 Å². The van der Waals surface area contributed by atoms with Crippen LogP contribution >= 0.6 is 11.6 Å². The molecule has 2 aromatic rings. The van der Waals surface area contributed by atoms with Gasteiger partial charge in [0.15, 0.2) is 5.78 Å². The minimum absolute atomic E-state index is 0.0831. The summed E-state index contributed by atoms with van der Waals surface area (Å²) in [6, 6.07) is 7.97. The van der Waals surface area contributed by atoms with Crippen molar-refractivity contribution >= 4 is 23.5 Å². The van der Waals surface area contributed by atoms with E-state index in [4.69, 9.17) is 11.6 Å². The van der Waals surface area contributed by atoms with Crippen LogP contribution in [0.25, 0.3) is 6.08 Å². The van der Waals surface area contributed by atoms with Crippen LogP contribution in [0, 0.1) is 0 Å². The SMILES string of the molecule is O=C(/C=C/c1cccnc1)c1cc(Cl)ccc1O. The summed E-state index contributed by atoms with van der Waals surface area (Å²) in [5.74, 6) is -0.390. The van der Waals surface area contributed by atoms with E-state index in [-0.39, 0.29) is 17.1 Å². The number of ketones is 1. The second-order valence-electron chi connectivity index (χ2n) is 3.65. The van der Waals surface area contributed by atoms with E-state index in [1.807, 2.05) is 6.07 Å². The quantitative estimate of drug-likeness (QED) is 0.679. The van der Waals surface area contributed by atoms with Crippen molar-refractivity contribution < 1.29 is 9.90 Å². The molecule has 0 aliphatic heterocycles. The van der Waals surface area contributed by atoms with Crippen molar-refractivity contribution in [2.24, 2.45) is 0 Å². The number of benzene rings is 1. The summed E-state index contributed by atoms with van der Waals surface area (Å²) in [5, 5.41) is 9.99. The fourth-order valence-corrected chi connectivity index (χ4v) is 1.61. The van der Waals surface area contributed by atoms with Crippen molar-refractivity contribution in [1.82, 2.24) is 4.98 Å². The number of rotatable bonds is 3. The largest absolute Gasteiger partial charge is 0.507 e. The van der Waals surface area contributed by atoms with Gasteiger partial charge in [0.1, 0.15) is 5.75 Å². The first-order chi connectivity index (χ1) is 8.66. The molecule has 0 saturated carbocycles. The smallest absolute Gasteiger partial charge is 0.189 e. The predicted molar refractivity (Wildman–Crippen MR) is 70.7 cm³/mol. The Bertz CT molecular complexity index is 594. The van der Waals surface area contributed by atoms with Crippen LogP contribution in [0.1, 0.15) is 15.9 Å². The lowest BCUT2D eigenvalue weighted by Gasteiger charge is -2.00. The van der Waals surface area contributed by atoms with Gasteiger partial charge in [-0.1, -0.05) is 17.7 Å². The Balaban J connectivity index is 2.22. The zero-order valence-electron chi connectivity index (χ0n) is 9.38. The highest BCUT2D eigenvalue weighted by atomic mass is 35.5. The summed E-state index contributed by atoms with van der Waals surface area (Å²) in [7, 11) is 0. The van der Waals surface area contributed by atoms with Gasteiger partial charge >= 0.3 is 0 Å². The van der Waals surface area contributed by atoms with Crippen molar-refractivity contribution in [2.75, 3.05) is 0 Å². The molecule has 0 atom stereocenters. The molecule has 3 nitrogen and oxygen atoms in total. The third kappa shape index (κ3) is 2.96. The van der Waals surface area contributed by atoms with Crippen LogP contribution in [0.2, 0.25) is 5.02 Å². The maximum atomic E-state index is 11.9. The van der Waals surface area contributed by atoms with E-state index in [0.717, 1.165) is 5.56 Å². The molecule has 0 saturated heterocycles. The van der Waals surface area contributed by atoms with E-state index < -0.39 is 0 Å². The molecule has 0 bridgehead atoms. The minimum Gasteiger partial charge on any atom is -0.507 e. The van der Waals surface area contributed by atoms with E-state index in [9.17, 15) is 9.90 Å². The highest BCUT2D eigenvalue weighted by molar-refractivity contribution is 6.31. The van der Waals surface area contributed by atoms with E-state index in [1.54, 1.807) is 24.5 Å². The van der Waals surface area contributed by atoms with Gasteiger partial charge in [-0.25, -0.2) is 0 Å². The van der Waals surface area contributed by atoms with Crippen molar-refractivity contribution in [2.45, 2.75) is 0 Å². The summed E-state index contributed by atoms with van der Waals surface area (Å²) >= 11 is 5.78. The molecule has 90 valence electrons. The molecule has 1 aromatic heterocycles. The van der Waals surface area contributed by atoms with Crippen LogP contribution in [0.15, 0.2) is 48.8 Å². The van der Waals surface area contributed by atoms with Gasteiger partial charge < -0.3 is 5.11 Å². The monoisotopic (exact) mass is 259 g/mol. The highest BCUT2D eigenvalue weighted by Gasteiger charge is 2.08. The maximum absolute atomic E-state index is 11.9. The molecule has 0 radical (unpaired) electrons. The van der Waals surface area contributed by atoms with Crippen LogP contribution < -0.4 is 0 Å². The molecule has 4 heteroatoms. The van der Waals surface area contributed by atoms with E-state index in [2.05, 4.69) is 4.98 Å². The Morgan fingerprint density at radius 3 is 2.89 bits per heavy atom. The first-order valence-electron chi connectivity index (χ1n) is 5.28. The molecular weight excluding hydrogens is 250 g/mol. The number of phenols is 1. The number of allylic oxidation sites excluding steroid dienone is 1. The van der Waals surface area contributed by atoms with E-state index in [1.165, 1.54) is 24.3 Å². The Hall–Kier alpha value is -2.13. The second-order valence-corrected chi connectivity index (χ2v) is 4.08. The number of pyridine rings is 1. The van der Waals surface area contributed by atoms with Gasteiger partial charge in [0.2, 0.25) is 0 Å². The lowest BCUT2D eigenvalue weighted by atomic mass is 10.1. The number of carbonyl (C=O) groups is 1. The minimum atomic E-state index is -0.307. The molecule has 0 fully saturated rings. The first kappa shape index (κ1) is 12.3. The Labute approximate surface area is 109 Å². The summed E-state index contributed by atoms with van der Waals surface area (Å²) < 4.78 is 0. The Kier molecular flexibility index (Phi) is 3.75. The predicted octanol–water partition coefficient (Wildman–Crippen LogP) is 3.34. The number of halogens is 1. The Morgan fingerprint density at radius 1 is 1.33 bits per heavy atom. The van der Waals surface area contributed by atoms with Gasteiger partial charge in [-0.3, -0.25) is 9.78 Å². The van der Waals surface area contributed by atoms with Crippen LogP contribution in [-0.2, 0) is 0 Å². The molecule has 2 rings (SSSR count). The van der Waals surface area contributed by atoms with Crippen molar-refractivity contribution in [1.29, 1.82) is 0 Å². The maximum Gasteiger partial charge on any atom is 0.189 e. The molecule has 0 unspecified atom stereocenters. The first-order valence-corrected chi connectivity index (χ1v) is 5.65. The molecule has 1 aromatic carbocycles. The lowest BCUT2D eigenvalue weighted by Crippen LogP contribution is -1.94. The summed E-state index contributed by atoms with van der Waals surface area (Å²) in [4.78, 5) is 15.8. The van der Waals surface area contributed by atoms with Gasteiger partial charge in [-0.15, -0.1) is 0 Å². The van der Waals surface area contributed by atoms with Crippen molar-refractivity contribution in [3.8, 4) is 5.75 Å². The number of hydrogen-bond donors (Lipinski definition) is 1. The van der Waals surface area contributed by atoms with Gasteiger partial charge in [0, 0.05) is 17.4 Å². The number of phenolic OH excluding ortho intramolecular Hbond substituents is 1. The summed E-state index contributed by atoms with van der Waals surface area (Å²) in [6.07, 6.45) is 6.31. The molecule has 0 aliphatic carbocycles. The van der Waals surface area contributed by atoms with Gasteiger partial charge in [-0.05, 0) is 42.0 Å². The van der Waals surface area contributed by atoms with Crippen LogP contribution in [0.3, 0.4) is 0 Å². The van der Waals surface area contributed by atoms with Crippen molar-refractivity contribution in [3.05, 3.63) is 65.0 Å². The average Bonchev–Trinajstić information content (AvgIpc) is 2.40. The molecule has 0 aliphatic rings. The second kappa shape index (κ2) is 5.47. The number of hydrogen-bond acceptors (Lipinski definition) is 3. The Morgan fingerprint density at radius 2 is 2.17 bits per heavy atom. The van der Waals surface area contributed by atoms with E-state index in [0.29, 0.717) is 5.02 Å². The molecule has 0 amide bonds. The van der Waals surface area contributed by atoms with E-state index >= 15 is 0 Å². The summed E-state index contributed by atoms with van der Waals surface area (Å²) in [5.41, 5.74) is 0.995. The van der Waals surface area contributed by atoms with Crippen LogP contribution in [0.4, 0.5) is 0 Å².